The molecule has 0 radical (unpaired) electrons. The fourth-order valence-corrected chi connectivity index (χ4v) is 4.16. The first-order chi connectivity index (χ1) is 13.6. The molecule has 5 heteroatoms. The number of hydrogen-bond acceptors (Lipinski definition) is 4. The monoisotopic (exact) mass is 380 g/mol. The van der Waals surface area contributed by atoms with Crippen molar-refractivity contribution in [1.29, 1.82) is 0 Å². The van der Waals surface area contributed by atoms with Gasteiger partial charge < -0.3 is 4.90 Å². The lowest BCUT2D eigenvalue weighted by atomic mass is 9.99. The number of pyridine rings is 2. The van der Waals surface area contributed by atoms with Gasteiger partial charge >= 0.3 is 0 Å². The molecule has 3 heterocycles. The lowest BCUT2D eigenvalue weighted by molar-refractivity contribution is -0.133. The molecule has 0 spiro atoms. The van der Waals surface area contributed by atoms with Crippen LogP contribution in [0.1, 0.15) is 43.2 Å². The van der Waals surface area contributed by atoms with E-state index in [4.69, 9.17) is 0 Å². The molecule has 0 saturated carbocycles. The molecule has 1 atom stereocenters. The molecule has 150 valence electrons. The SMILES string of the molecule is CN(C)[C@H]1CCN(C(CCCc2cccnc2)CCCc2cccnc2)C1=O. The largest absolute Gasteiger partial charge is 0.338 e. The van der Waals surface area contributed by atoms with Crippen LogP contribution in [0.2, 0.25) is 0 Å². The molecule has 0 aliphatic carbocycles. The highest BCUT2D eigenvalue weighted by molar-refractivity contribution is 5.84. The molecule has 1 fully saturated rings. The first-order valence-electron chi connectivity index (χ1n) is 10.4. The standard InChI is InChI=1S/C23H32N4O/c1-26(2)22-13-16-27(23(22)28)21(11-3-7-19-9-5-14-24-17-19)12-4-8-20-10-6-15-25-18-20/h5-6,9-10,14-15,17-18,21-22H,3-4,7-8,11-13,16H2,1-2H3/t22-/m0/s1. The number of aromatic nitrogens is 2. The number of likely N-dealkylation sites (tertiary alicyclic amines) is 1. The normalized spacial score (nSPS) is 17.1. The smallest absolute Gasteiger partial charge is 0.240 e. The molecular weight excluding hydrogens is 348 g/mol. The zero-order valence-corrected chi connectivity index (χ0v) is 17.1. The van der Waals surface area contributed by atoms with Gasteiger partial charge in [-0.2, -0.15) is 0 Å². The van der Waals surface area contributed by atoms with E-state index < -0.39 is 0 Å². The minimum atomic E-state index is 0.0409. The van der Waals surface area contributed by atoms with Gasteiger partial charge in [-0.3, -0.25) is 19.7 Å². The maximum absolute atomic E-state index is 12.9. The summed E-state index contributed by atoms with van der Waals surface area (Å²) < 4.78 is 0. The number of rotatable bonds is 10. The van der Waals surface area contributed by atoms with Crippen LogP contribution in [0, 0.1) is 0 Å². The Hall–Kier alpha value is -2.27. The van der Waals surface area contributed by atoms with Crippen molar-refractivity contribution in [3.63, 3.8) is 0 Å². The second-order valence-electron chi connectivity index (χ2n) is 7.96. The van der Waals surface area contributed by atoms with Crippen molar-refractivity contribution in [2.75, 3.05) is 20.6 Å². The molecule has 0 unspecified atom stereocenters. The van der Waals surface area contributed by atoms with E-state index in [0.717, 1.165) is 51.5 Å². The van der Waals surface area contributed by atoms with Gasteiger partial charge in [0.25, 0.3) is 0 Å². The summed E-state index contributed by atoms with van der Waals surface area (Å²) in [4.78, 5) is 25.5. The number of aryl methyl sites for hydroxylation is 2. The average Bonchev–Trinajstić information content (AvgIpc) is 3.10. The van der Waals surface area contributed by atoms with E-state index in [9.17, 15) is 4.79 Å². The van der Waals surface area contributed by atoms with Crippen LogP contribution in [-0.2, 0) is 17.6 Å². The molecule has 0 aromatic carbocycles. The molecule has 1 aliphatic heterocycles. The molecule has 2 aromatic rings. The molecule has 1 amide bonds. The van der Waals surface area contributed by atoms with E-state index >= 15 is 0 Å². The highest BCUT2D eigenvalue weighted by Gasteiger charge is 2.36. The van der Waals surface area contributed by atoms with Crippen LogP contribution in [0.5, 0.6) is 0 Å². The summed E-state index contributed by atoms with van der Waals surface area (Å²) in [5.74, 6) is 0.303. The van der Waals surface area contributed by atoms with Crippen molar-refractivity contribution in [1.82, 2.24) is 19.8 Å². The Kier molecular flexibility index (Phi) is 7.54. The molecule has 0 N–H and O–H groups in total. The Morgan fingerprint density at radius 3 is 2.04 bits per heavy atom. The van der Waals surface area contributed by atoms with Crippen LogP contribution in [0.15, 0.2) is 49.1 Å². The zero-order chi connectivity index (χ0) is 19.8. The molecule has 2 aromatic heterocycles. The molecule has 5 nitrogen and oxygen atoms in total. The molecule has 1 saturated heterocycles. The second kappa shape index (κ2) is 10.3. The zero-order valence-electron chi connectivity index (χ0n) is 17.1. The Balaban J connectivity index is 1.57. The van der Waals surface area contributed by atoms with E-state index in [1.165, 1.54) is 11.1 Å². The van der Waals surface area contributed by atoms with Gasteiger partial charge in [0.2, 0.25) is 5.91 Å². The van der Waals surface area contributed by atoms with Crippen molar-refractivity contribution in [3.8, 4) is 0 Å². The van der Waals surface area contributed by atoms with E-state index in [1.807, 2.05) is 51.0 Å². The van der Waals surface area contributed by atoms with Gasteiger partial charge in [-0.1, -0.05) is 12.1 Å². The molecule has 1 aliphatic rings. The average molecular weight is 381 g/mol. The summed E-state index contributed by atoms with van der Waals surface area (Å²) in [6.45, 7) is 0.881. The topological polar surface area (TPSA) is 49.3 Å². The number of likely N-dealkylation sites (N-methyl/N-ethyl adjacent to an activating group) is 1. The highest BCUT2D eigenvalue weighted by Crippen LogP contribution is 2.24. The lowest BCUT2D eigenvalue weighted by Gasteiger charge is -2.29. The number of hydrogen-bond donors (Lipinski definition) is 0. The van der Waals surface area contributed by atoms with Gasteiger partial charge in [-0.05, 0) is 82.3 Å². The third-order valence-electron chi connectivity index (χ3n) is 5.73. The van der Waals surface area contributed by atoms with Gasteiger partial charge in [-0.25, -0.2) is 0 Å². The Morgan fingerprint density at radius 1 is 1.04 bits per heavy atom. The van der Waals surface area contributed by atoms with Gasteiger partial charge in [0.05, 0.1) is 6.04 Å². The van der Waals surface area contributed by atoms with Crippen LogP contribution >= 0.6 is 0 Å². The highest BCUT2D eigenvalue weighted by atomic mass is 16.2. The third-order valence-corrected chi connectivity index (χ3v) is 5.73. The van der Waals surface area contributed by atoms with Gasteiger partial charge in [0.1, 0.15) is 0 Å². The minimum Gasteiger partial charge on any atom is -0.338 e. The summed E-state index contributed by atoms with van der Waals surface area (Å²) in [7, 11) is 4.01. The quantitative estimate of drug-likeness (QED) is 0.634. The predicted molar refractivity (Wildman–Crippen MR) is 112 cm³/mol. The van der Waals surface area contributed by atoms with Gasteiger partial charge in [0, 0.05) is 37.4 Å². The van der Waals surface area contributed by atoms with Crippen LogP contribution < -0.4 is 0 Å². The number of nitrogens with zero attached hydrogens (tertiary/aromatic N) is 4. The molecule has 28 heavy (non-hydrogen) atoms. The summed E-state index contributed by atoms with van der Waals surface area (Å²) >= 11 is 0. The van der Waals surface area contributed by atoms with E-state index in [1.54, 1.807) is 0 Å². The fourth-order valence-electron chi connectivity index (χ4n) is 4.16. The van der Waals surface area contributed by atoms with Crippen LogP contribution in [-0.4, -0.2) is 58.4 Å². The Morgan fingerprint density at radius 2 is 1.61 bits per heavy atom. The lowest BCUT2D eigenvalue weighted by Crippen LogP contribution is -2.42. The van der Waals surface area contributed by atoms with Crippen LogP contribution in [0.25, 0.3) is 0 Å². The predicted octanol–water partition coefficient (Wildman–Crippen LogP) is 3.35. The van der Waals surface area contributed by atoms with Crippen LogP contribution in [0.4, 0.5) is 0 Å². The van der Waals surface area contributed by atoms with E-state index in [0.29, 0.717) is 11.9 Å². The fraction of sp³-hybridized carbons (Fsp3) is 0.522. The van der Waals surface area contributed by atoms with Gasteiger partial charge in [0.15, 0.2) is 0 Å². The van der Waals surface area contributed by atoms with Crippen LogP contribution in [0.3, 0.4) is 0 Å². The molecule has 3 rings (SSSR count). The van der Waals surface area contributed by atoms with Crippen molar-refractivity contribution in [2.45, 2.75) is 57.0 Å². The first kappa shape index (κ1) is 20.5. The van der Waals surface area contributed by atoms with E-state index in [-0.39, 0.29) is 6.04 Å². The third kappa shape index (κ3) is 5.61. The molecule has 0 bridgehead atoms. The Bertz CT molecular complexity index is 674. The second-order valence-corrected chi connectivity index (χ2v) is 7.96. The maximum Gasteiger partial charge on any atom is 0.240 e. The first-order valence-corrected chi connectivity index (χ1v) is 10.4. The maximum atomic E-state index is 12.9. The van der Waals surface area contributed by atoms with Crippen molar-refractivity contribution >= 4 is 5.91 Å². The molecular formula is C23H32N4O. The summed E-state index contributed by atoms with van der Waals surface area (Å²) in [6, 6.07) is 8.62. The number of carbonyl (C=O) groups excluding carboxylic acids is 1. The van der Waals surface area contributed by atoms with Crippen molar-refractivity contribution < 1.29 is 4.79 Å². The van der Waals surface area contributed by atoms with Gasteiger partial charge in [-0.15, -0.1) is 0 Å². The summed E-state index contributed by atoms with van der Waals surface area (Å²) in [5, 5.41) is 0. The van der Waals surface area contributed by atoms with Crippen molar-refractivity contribution in [2.24, 2.45) is 0 Å². The summed E-state index contributed by atoms with van der Waals surface area (Å²) in [6.07, 6.45) is 14.8. The summed E-state index contributed by atoms with van der Waals surface area (Å²) in [5.41, 5.74) is 2.55. The number of amides is 1. The minimum absolute atomic E-state index is 0.0409. The van der Waals surface area contributed by atoms with E-state index in [2.05, 4.69) is 31.9 Å². The van der Waals surface area contributed by atoms with Crippen molar-refractivity contribution in [3.05, 3.63) is 60.2 Å². The Labute approximate surface area is 168 Å². The number of carbonyl (C=O) groups is 1.